The van der Waals surface area contributed by atoms with Crippen molar-refractivity contribution in [1.82, 2.24) is 0 Å². The van der Waals surface area contributed by atoms with Crippen molar-refractivity contribution in [3.05, 3.63) is 108 Å². The second-order valence-electron chi connectivity index (χ2n) is 6.76. The van der Waals surface area contributed by atoms with Crippen LogP contribution in [0.2, 0.25) is 0 Å². The Hall–Kier alpha value is -3.34. The average Bonchev–Trinajstić information content (AvgIpc) is 2.73. The van der Waals surface area contributed by atoms with Gasteiger partial charge in [-0.3, -0.25) is 0 Å². The van der Waals surface area contributed by atoms with Crippen LogP contribution in [0.25, 0.3) is 21.9 Å². The van der Waals surface area contributed by atoms with E-state index >= 15 is 0 Å². The van der Waals surface area contributed by atoms with Gasteiger partial charge in [-0.25, -0.2) is 0 Å². The molecule has 4 aromatic carbocycles. The van der Waals surface area contributed by atoms with Crippen molar-refractivity contribution >= 4 is 10.8 Å². The molecule has 0 bridgehead atoms. The van der Waals surface area contributed by atoms with E-state index in [9.17, 15) is 5.11 Å². The summed E-state index contributed by atoms with van der Waals surface area (Å²) in [6.07, 6.45) is 0. The molecule has 4 aromatic rings. The Morgan fingerprint density at radius 2 is 1.30 bits per heavy atom. The lowest BCUT2D eigenvalue weighted by atomic mass is 9.87. The Labute approximate surface area is 159 Å². The fraction of sp³-hybridized carbons (Fsp3) is 0.0769. The van der Waals surface area contributed by atoms with Crippen molar-refractivity contribution in [3.8, 4) is 23.0 Å². The van der Waals surface area contributed by atoms with Gasteiger partial charge in [0.1, 0.15) is 5.60 Å². The quantitative estimate of drug-likeness (QED) is 0.456. The van der Waals surface area contributed by atoms with Crippen LogP contribution in [0, 0.1) is 11.8 Å². The first-order chi connectivity index (χ1) is 13.1. The second kappa shape index (κ2) is 7.11. The maximum Gasteiger partial charge on any atom is 0.149 e. The topological polar surface area (TPSA) is 20.2 Å². The van der Waals surface area contributed by atoms with Gasteiger partial charge in [0.05, 0.1) is 0 Å². The van der Waals surface area contributed by atoms with E-state index in [-0.39, 0.29) is 0 Å². The Morgan fingerprint density at radius 1 is 0.667 bits per heavy atom. The van der Waals surface area contributed by atoms with Gasteiger partial charge in [-0.05, 0) is 41.0 Å². The molecule has 0 aliphatic carbocycles. The van der Waals surface area contributed by atoms with E-state index in [4.69, 9.17) is 0 Å². The van der Waals surface area contributed by atoms with Gasteiger partial charge in [-0.15, -0.1) is 0 Å². The maximum absolute atomic E-state index is 11.2. The van der Waals surface area contributed by atoms with E-state index in [1.807, 2.05) is 60.7 Å². The highest BCUT2D eigenvalue weighted by Gasteiger charge is 2.24. The minimum atomic E-state index is -1.26. The van der Waals surface area contributed by atoms with Gasteiger partial charge >= 0.3 is 0 Å². The molecule has 0 fully saturated rings. The molecule has 0 heterocycles. The number of rotatable bonds is 2. The summed E-state index contributed by atoms with van der Waals surface area (Å²) in [5.41, 5.74) is 2.54. The molecule has 1 N–H and O–H groups in total. The summed E-state index contributed by atoms with van der Waals surface area (Å²) >= 11 is 0. The fourth-order valence-corrected chi connectivity index (χ4v) is 3.39. The van der Waals surface area contributed by atoms with Gasteiger partial charge in [-0.2, -0.15) is 0 Å². The fourth-order valence-electron chi connectivity index (χ4n) is 3.39. The molecule has 1 atom stereocenters. The minimum absolute atomic E-state index is 0.810. The molecule has 1 heteroatoms. The van der Waals surface area contributed by atoms with Gasteiger partial charge in [0.25, 0.3) is 0 Å². The molecule has 0 aromatic heterocycles. The van der Waals surface area contributed by atoms with Crippen molar-refractivity contribution in [2.75, 3.05) is 0 Å². The third-order valence-electron chi connectivity index (χ3n) is 4.76. The van der Waals surface area contributed by atoms with Crippen molar-refractivity contribution in [2.45, 2.75) is 12.5 Å². The van der Waals surface area contributed by atoms with Gasteiger partial charge in [0.15, 0.2) is 0 Å². The molecule has 0 amide bonds. The molecular weight excluding hydrogens is 328 g/mol. The molecule has 0 aliphatic rings. The predicted molar refractivity (Wildman–Crippen MR) is 112 cm³/mol. The van der Waals surface area contributed by atoms with Crippen LogP contribution in [0.15, 0.2) is 97.1 Å². The number of benzene rings is 4. The molecule has 0 saturated carbocycles. The van der Waals surface area contributed by atoms with Crippen LogP contribution in [0.1, 0.15) is 18.1 Å². The molecule has 0 saturated heterocycles. The van der Waals surface area contributed by atoms with E-state index < -0.39 is 5.60 Å². The summed E-state index contributed by atoms with van der Waals surface area (Å²) in [4.78, 5) is 0. The standard InChI is InChI=1S/C26H20O/c1-26(27,19-18-20-10-3-2-4-11-20)25-17-8-7-15-24(25)23-16-9-13-21-12-5-6-14-22(21)23/h2-17,27H,1H3. The van der Waals surface area contributed by atoms with Crippen LogP contribution >= 0.6 is 0 Å². The van der Waals surface area contributed by atoms with Crippen molar-refractivity contribution in [2.24, 2.45) is 0 Å². The number of hydrogen-bond acceptors (Lipinski definition) is 1. The summed E-state index contributed by atoms with van der Waals surface area (Å²) < 4.78 is 0. The maximum atomic E-state index is 11.2. The molecule has 0 aliphatic heterocycles. The van der Waals surface area contributed by atoms with Gasteiger partial charge < -0.3 is 5.11 Å². The zero-order valence-corrected chi connectivity index (χ0v) is 15.2. The molecule has 27 heavy (non-hydrogen) atoms. The average molecular weight is 348 g/mol. The number of fused-ring (bicyclic) bond motifs is 1. The summed E-state index contributed by atoms with van der Waals surface area (Å²) in [6, 6.07) is 32.3. The summed E-state index contributed by atoms with van der Waals surface area (Å²) in [7, 11) is 0. The normalized spacial score (nSPS) is 12.8. The monoisotopic (exact) mass is 348 g/mol. The lowest BCUT2D eigenvalue weighted by Gasteiger charge is -2.22. The highest BCUT2D eigenvalue weighted by atomic mass is 16.3. The van der Waals surface area contributed by atoms with E-state index in [0.29, 0.717) is 0 Å². The molecular formula is C26H20O. The number of aliphatic hydroxyl groups is 1. The van der Waals surface area contributed by atoms with Crippen LogP contribution in [0.5, 0.6) is 0 Å². The summed E-state index contributed by atoms with van der Waals surface area (Å²) in [5, 5.41) is 13.5. The molecule has 0 spiro atoms. The highest BCUT2D eigenvalue weighted by molar-refractivity contribution is 5.97. The van der Waals surface area contributed by atoms with Crippen LogP contribution in [-0.2, 0) is 5.60 Å². The molecule has 0 radical (unpaired) electrons. The first-order valence-corrected chi connectivity index (χ1v) is 9.03. The van der Waals surface area contributed by atoms with E-state index in [2.05, 4.69) is 48.2 Å². The molecule has 1 unspecified atom stereocenters. The zero-order chi connectivity index (χ0) is 18.7. The first kappa shape index (κ1) is 17.1. The lowest BCUT2D eigenvalue weighted by Crippen LogP contribution is -2.19. The smallest absolute Gasteiger partial charge is 0.149 e. The van der Waals surface area contributed by atoms with Crippen LogP contribution in [-0.4, -0.2) is 5.11 Å². The van der Waals surface area contributed by atoms with E-state index in [1.165, 1.54) is 10.8 Å². The minimum Gasteiger partial charge on any atom is -0.374 e. The second-order valence-corrected chi connectivity index (χ2v) is 6.76. The van der Waals surface area contributed by atoms with Crippen molar-refractivity contribution in [1.29, 1.82) is 0 Å². The summed E-state index contributed by atoms with van der Waals surface area (Å²) in [5.74, 6) is 6.15. The van der Waals surface area contributed by atoms with E-state index in [0.717, 1.165) is 22.3 Å². The van der Waals surface area contributed by atoms with Crippen LogP contribution < -0.4 is 0 Å². The van der Waals surface area contributed by atoms with Gasteiger partial charge in [0.2, 0.25) is 0 Å². The Morgan fingerprint density at radius 3 is 2.15 bits per heavy atom. The van der Waals surface area contributed by atoms with Gasteiger partial charge in [0, 0.05) is 11.1 Å². The van der Waals surface area contributed by atoms with E-state index in [1.54, 1.807) is 6.92 Å². The van der Waals surface area contributed by atoms with Crippen LogP contribution in [0.3, 0.4) is 0 Å². The highest BCUT2D eigenvalue weighted by Crippen LogP contribution is 2.35. The third-order valence-corrected chi connectivity index (χ3v) is 4.76. The molecule has 4 rings (SSSR count). The Balaban J connectivity index is 1.85. The molecule has 130 valence electrons. The summed E-state index contributed by atoms with van der Waals surface area (Å²) in [6.45, 7) is 1.76. The zero-order valence-electron chi connectivity index (χ0n) is 15.2. The Kier molecular flexibility index (Phi) is 4.50. The predicted octanol–water partition coefficient (Wildman–Crippen LogP) is 5.77. The van der Waals surface area contributed by atoms with Crippen molar-refractivity contribution < 1.29 is 5.11 Å². The SMILES string of the molecule is CC(O)(C#Cc1ccccc1)c1ccccc1-c1cccc2ccccc12. The van der Waals surface area contributed by atoms with Gasteiger partial charge in [-0.1, -0.05) is 96.8 Å². The lowest BCUT2D eigenvalue weighted by molar-refractivity contribution is 0.123. The first-order valence-electron chi connectivity index (χ1n) is 9.03. The molecule has 1 nitrogen and oxygen atoms in total. The number of hydrogen-bond donors (Lipinski definition) is 1. The Bertz CT molecular complexity index is 1140. The van der Waals surface area contributed by atoms with Crippen molar-refractivity contribution in [3.63, 3.8) is 0 Å². The van der Waals surface area contributed by atoms with Crippen LogP contribution in [0.4, 0.5) is 0 Å². The third kappa shape index (κ3) is 3.49. The largest absolute Gasteiger partial charge is 0.374 e.